The molecule has 0 bridgehead atoms. The summed E-state index contributed by atoms with van der Waals surface area (Å²) >= 11 is 0. The van der Waals surface area contributed by atoms with Crippen LogP contribution in [0.1, 0.15) is 37.7 Å². The predicted octanol–water partition coefficient (Wildman–Crippen LogP) is 3.45. The first kappa shape index (κ1) is 14.0. The van der Waals surface area contributed by atoms with E-state index in [0.29, 0.717) is 5.82 Å². The number of anilines is 2. The van der Waals surface area contributed by atoms with E-state index in [4.69, 9.17) is 5.73 Å². The maximum Gasteiger partial charge on any atom is 0.416 e. The zero-order valence-electron chi connectivity index (χ0n) is 10.9. The van der Waals surface area contributed by atoms with Crippen LogP contribution in [0, 0.1) is 0 Å². The highest BCUT2D eigenvalue weighted by molar-refractivity contribution is 5.49. The van der Waals surface area contributed by atoms with Gasteiger partial charge in [-0.1, -0.05) is 19.3 Å². The minimum atomic E-state index is -4.39. The number of nitrogens with two attached hydrogens (primary N) is 1. The second-order valence-electron chi connectivity index (χ2n) is 5.04. The monoisotopic (exact) mass is 273 g/mol. The van der Waals surface area contributed by atoms with Crippen LogP contribution in [-0.4, -0.2) is 18.1 Å². The van der Waals surface area contributed by atoms with Gasteiger partial charge in [0.2, 0.25) is 0 Å². The van der Waals surface area contributed by atoms with Crippen LogP contribution in [0.2, 0.25) is 0 Å². The summed E-state index contributed by atoms with van der Waals surface area (Å²) in [5.41, 5.74) is 4.75. The third-order valence-electron chi connectivity index (χ3n) is 3.64. The third-order valence-corrected chi connectivity index (χ3v) is 3.64. The molecular formula is C13H18F3N3. The van der Waals surface area contributed by atoms with Crippen molar-refractivity contribution in [1.82, 2.24) is 4.98 Å². The average Bonchev–Trinajstić information content (AvgIpc) is 2.37. The Bertz CT molecular complexity index is 439. The number of alkyl halides is 3. The molecule has 0 radical (unpaired) electrons. The summed E-state index contributed by atoms with van der Waals surface area (Å²) in [7, 11) is 1.79. The Morgan fingerprint density at radius 3 is 2.42 bits per heavy atom. The number of nitrogens with zero attached hydrogens (tertiary/aromatic N) is 2. The van der Waals surface area contributed by atoms with Crippen molar-refractivity contribution in [3.8, 4) is 0 Å². The first-order valence-corrected chi connectivity index (χ1v) is 6.45. The number of nitrogen functional groups attached to an aromatic ring is 1. The molecule has 0 aromatic carbocycles. The summed E-state index contributed by atoms with van der Waals surface area (Å²) in [5, 5.41) is 0. The average molecular weight is 273 g/mol. The Labute approximate surface area is 110 Å². The minimum absolute atomic E-state index is 0.0903. The molecule has 3 nitrogen and oxygen atoms in total. The smallest absolute Gasteiger partial charge is 0.384 e. The van der Waals surface area contributed by atoms with Crippen molar-refractivity contribution in [1.29, 1.82) is 0 Å². The van der Waals surface area contributed by atoms with E-state index in [9.17, 15) is 13.2 Å². The van der Waals surface area contributed by atoms with Crippen molar-refractivity contribution < 1.29 is 13.2 Å². The van der Waals surface area contributed by atoms with Crippen molar-refractivity contribution in [3.05, 3.63) is 17.7 Å². The highest BCUT2D eigenvalue weighted by Gasteiger charge is 2.32. The predicted molar refractivity (Wildman–Crippen MR) is 68.9 cm³/mol. The van der Waals surface area contributed by atoms with E-state index in [1.54, 1.807) is 7.05 Å². The van der Waals surface area contributed by atoms with Crippen LogP contribution in [0.25, 0.3) is 0 Å². The lowest BCUT2D eigenvalue weighted by atomic mass is 9.94. The van der Waals surface area contributed by atoms with Crippen molar-refractivity contribution >= 4 is 11.6 Å². The molecule has 1 saturated carbocycles. The van der Waals surface area contributed by atoms with E-state index in [1.807, 2.05) is 4.90 Å². The largest absolute Gasteiger partial charge is 0.416 e. The zero-order valence-corrected chi connectivity index (χ0v) is 10.9. The van der Waals surface area contributed by atoms with Crippen LogP contribution in [0.3, 0.4) is 0 Å². The van der Waals surface area contributed by atoms with Crippen molar-refractivity contribution in [2.24, 2.45) is 0 Å². The lowest BCUT2D eigenvalue weighted by Crippen LogP contribution is -2.34. The molecule has 1 aliphatic rings. The van der Waals surface area contributed by atoms with E-state index in [-0.39, 0.29) is 11.9 Å². The van der Waals surface area contributed by atoms with E-state index in [2.05, 4.69) is 4.98 Å². The number of hydrogen-bond acceptors (Lipinski definition) is 3. The normalized spacial score (nSPS) is 17.5. The molecule has 0 unspecified atom stereocenters. The fourth-order valence-electron chi connectivity index (χ4n) is 2.54. The Morgan fingerprint density at radius 2 is 1.84 bits per heavy atom. The molecule has 1 fully saturated rings. The second kappa shape index (κ2) is 5.27. The van der Waals surface area contributed by atoms with Crippen LogP contribution in [0.4, 0.5) is 24.8 Å². The fraction of sp³-hybridized carbons (Fsp3) is 0.615. The summed E-state index contributed by atoms with van der Waals surface area (Å²) < 4.78 is 38.3. The number of hydrogen-bond donors (Lipinski definition) is 1. The molecule has 1 aromatic heterocycles. The lowest BCUT2D eigenvalue weighted by Gasteiger charge is -2.32. The number of halogens is 3. The molecule has 1 aliphatic carbocycles. The van der Waals surface area contributed by atoms with E-state index >= 15 is 0 Å². The standard InChI is InChI=1S/C13H18F3N3/c1-19(10-5-3-2-4-6-10)12-8-9(13(14,15)16)7-11(17)18-12/h7-8,10H,2-6H2,1H3,(H2,17,18). The van der Waals surface area contributed by atoms with Gasteiger partial charge in [0.15, 0.2) is 0 Å². The maximum atomic E-state index is 12.8. The molecule has 0 saturated heterocycles. The van der Waals surface area contributed by atoms with Gasteiger partial charge in [-0.3, -0.25) is 0 Å². The van der Waals surface area contributed by atoms with Gasteiger partial charge in [0.05, 0.1) is 5.56 Å². The van der Waals surface area contributed by atoms with Gasteiger partial charge in [0.25, 0.3) is 0 Å². The van der Waals surface area contributed by atoms with Gasteiger partial charge in [-0.2, -0.15) is 13.2 Å². The van der Waals surface area contributed by atoms with Crippen LogP contribution in [0.5, 0.6) is 0 Å². The fourth-order valence-corrected chi connectivity index (χ4v) is 2.54. The molecule has 2 N–H and O–H groups in total. The summed E-state index contributed by atoms with van der Waals surface area (Å²) in [6.45, 7) is 0. The van der Waals surface area contributed by atoms with Crippen LogP contribution >= 0.6 is 0 Å². The van der Waals surface area contributed by atoms with Crippen LogP contribution in [-0.2, 0) is 6.18 Å². The zero-order chi connectivity index (χ0) is 14.0. The number of pyridine rings is 1. The lowest BCUT2D eigenvalue weighted by molar-refractivity contribution is -0.137. The summed E-state index contributed by atoms with van der Waals surface area (Å²) in [6.07, 6.45) is 1.03. The van der Waals surface area contributed by atoms with E-state index in [0.717, 1.165) is 37.8 Å². The number of rotatable bonds is 2. The van der Waals surface area contributed by atoms with Gasteiger partial charge >= 0.3 is 6.18 Å². The highest BCUT2D eigenvalue weighted by atomic mass is 19.4. The van der Waals surface area contributed by atoms with E-state index in [1.165, 1.54) is 6.42 Å². The van der Waals surface area contributed by atoms with Crippen molar-refractivity contribution in [3.63, 3.8) is 0 Å². The Morgan fingerprint density at radius 1 is 1.21 bits per heavy atom. The topological polar surface area (TPSA) is 42.1 Å². The Kier molecular flexibility index (Phi) is 3.87. The van der Waals surface area contributed by atoms with Gasteiger partial charge in [0, 0.05) is 13.1 Å². The summed E-state index contributed by atoms with van der Waals surface area (Å²) in [5.74, 6) is 0.215. The number of aromatic nitrogens is 1. The maximum absolute atomic E-state index is 12.8. The Balaban J connectivity index is 2.26. The van der Waals surface area contributed by atoms with Crippen molar-refractivity contribution in [2.75, 3.05) is 17.7 Å². The first-order valence-electron chi connectivity index (χ1n) is 6.45. The molecule has 2 rings (SSSR count). The van der Waals surface area contributed by atoms with E-state index < -0.39 is 11.7 Å². The van der Waals surface area contributed by atoms with Gasteiger partial charge in [-0.05, 0) is 25.0 Å². The second-order valence-corrected chi connectivity index (χ2v) is 5.04. The quantitative estimate of drug-likeness (QED) is 0.897. The molecule has 1 aromatic rings. The highest BCUT2D eigenvalue weighted by Crippen LogP contribution is 2.33. The van der Waals surface area contributed by atoms with Crippen LogP contribution in [0.15, 0.2) is 12.1 Å². The molecule has 0 aliphatic heterocycles. The molecule has 0 atom stereocenters. The van der Waals surface area contributed by atoms with Gasteiger partial charge in [-0.25, -0.2) is 4.98 Å². The molecule has 106 valence electrons. The third kappa shape index (κ3) is 3.30. The van der Waals surface area contributed by atoms with Gasteiger partial charge in [0.1, 0.15) is 11.6 Å². The molecule has 19 heavy (non-hydrogen) atoms. The van der Waals surface area contributed by atoms with Gasteiger partial charge < -0.3 is 10.6 Å². The van der Waals surface area contributed by atoms with Crippen molar-refractivity contribution in [2.45, 2.75) is 44.3 Å². The summed E-state index contributed by atoms with van der Waals surface area (Å²) in [6, 6.07) is 2.20. The minimum Gasteiger partial charge on any atom is -0.384 e. The molecule has 0 spiro atoms. The van der Waals surface area contributed by atoms with Crippen LogP contribution < -0.4 is 10.6 Å². The molecular weight excluding hydrogens is 255 g/mol. The Hall–Kier alpha value is -1.46. The molecule has 0 amide bonds. The first-order chi connectivity index (χ1) is 8.88. The van der Waals surface area contributed by atoms with Gasteiger partial charge in [-0.15, -0.1) is 0 Å². The SMILES string of the molecule is CN(c1cc(C(F)(F)F)cc(N)n1)C1CCCCC1. The molecule has 1 heterocycles. The summed E-state index contributed by atoms with van der Waals surface area (Å²) in [4.78, 5) is 5.85. The molecule has 6 heteroatoms.